The van der Waals surface area contributed by atoms with Gasteiger partial charge < -0.3 is 5.32 Å². The molecule has 1 amide bonds. The SMILES string of the molecule is CNC(=O)c1ccc(NS(=O)(=O)c2ccc(F)c(F)c2)cc1. The van der Waals surface area contributed by atoms with E-state index in [9.17, 15) is 22.0 Å². The molecule has 0 aromatic heterocycles. The smallest absolute Gasteiger partial charge is 0.261 e. The van der Waals surface area contributed by atoms with Gasteiger partial charge in [-0.05, 0) is 42.5 Å². The van der Waals surface area contributed by atoms with Gasteiger partial charge >= 0.3 is 0 Å². The molecule has 2 aromatic rings. The first kappa shape index (κ1) is 15.9. The monoisotopic (exact) mass is 326 g/mol. The number of rotatable bonds is 4. The average Bonchev–Trinajstić information content (AvgIpc) is 2.49. The number of halogens is 2. The van der Waals surface area contributed by atoms with E-state index >= 15 is 0 Å². The number of sulfonamides is 1. The fourth-order valence-electron chi connectivity index (χ4n) is 1.69. The highest BCUT2D eigenvalue weighted by atomic mass is 32.2. The summed E-state index contributed by atoms with van der Waals surface area (Å²) >= 11 is 0. The second-order valence-corrected chi connectivity index (χ2v) is 6.02. The zero-order valence-electron chi connectivity index (χ0n) is 11.4. The Labute approximate surface area is 126 Å². The van der Waals surface area contributed by atoms with Gasteiger partial charge in [0.1, 0.15) is 0 Å². The third kappa shape index (κ3) is 3.40. The zero-order valence-corrected chi connectivity index (χ0v) is 12.2. The van der Waals surface area contributed by atoms with Crippen LogP contribution in [0.25, 0.3) is 0 Å². The summed E-state index contributed by atoms with van der Waals surface area (Å²) in [5, 5.41) is 2.43. The highest BCUT2D eigenvalue weighted by Crippen LogP contribution is 2.18. The second-order valence-electron chi connectivity index (χ2n) is 4.34. The molecule has 0 atom stereocenters. The molecule has 0 unspecified atom stereocenters. The van der Waals surface area contributed by atoms with Crippen LogP contribution in [0.1, 0.15) is 10.4 Å². The maximum absolute atomic E-state index is 13.1. The van der Waals surface area contributed by atoms with Gasteiger partial charge in [0, 0.05) is 18.3 Å². The van der Waals surface area contributed by atoms with Crippen LogP contribution in [0.4, 0.5) is 14.5 Å². The molecule has 2 N–H and O–H groups in total. The van der Waals surface area contributed by atoms with Gasteiger partial charge in [0.05, 0.1) is 4.90 Å². The van der Waals surface area contributed by atoms with Crippen molar-refractivity contribution < 1.29 is 22.0 Å². The van der Waals surface area contributed by atoms with Crippen LogP contribution in [0.3, 0.4) is 0 Å². The minimum atomic E-state index is -4.05. The summed E-state index contributed by atoms with van der Waals surface area (Å²) in [5.41, 5.74) is 0.552. The van der Waals surface area contributed by atoms with Crippen LogP contribution >= 0.6 is 0 Å². The third-order valence-electron chi connectivity index (χ3n) is 2.83. The van der Waals surface area contributed by atoms with Crippen LogP contribution < -0.4 is 10.0 Å². The van der Waals surface area contributed by atoms with Crippen LogP contribution in [0.5, 0.6) is 0 Å². The Bertz CT molecular complexity index is 805. The van der Waals surface area contributed by atoms with Crippen LogP contribution in [0.15, 0.2) is 47.4 Å². The third-order valence-corrected chi connectivity index (χ3v) is 4.21. The van der Waals surface area contributed by atoms with Crippen molar-refractivity contribution in [2.24, 2.45) is 0 Å². The molecule has 0 aliphatic rings. The zero-order chi connectivity index (χ0) is 16.3. The van der Waals surface area contributed by atoms with Crippen molar-refractivity contribution in [1.29, 1.82) is 0 Å². The lowest BCUT2D eigenvalue weighted by atomic mass is 10.2. The van der Waals surface area contributed by atoms with Crippen molar-refractivity contribution in [2.45, 2.75) is 4.90 Å². The average molecular weight is 326 g/mol. The summed E-state index contributed by atoms with van der Waals surface area (Å²) in [6.07, 6.45) is 0. The van der Waals surface area contributed by atoms with E-state index in [1.165, 1.54) is 31.3 Å². The molecule has 8 heteroatoms. The molecule has 0 aliphatic heterocycles. The van der Waals surface area contributed by atoms with Gasteiger partial charge in [-0.2, -0.15) is 0 Å². The molecule has 0 fully saturated rings. The highest BCUT2D eigenvalue weighted by Gasteiger charge is 2.16. The van der Waals surface area contributed by atoms with E-state index < -0.39 is 26.6 Å². The molecule has 0 radical (unpaired) electrons. The minimum absolute atomic E-state index is 0.192. The van der Waals surface area contributed by atoms with Gasteiger partial charge in [-0.3, -0.25) is 9.52 Å². The van der Waals surface area contributed by atoms with Crippen molar-refractivity contribution in [3.63, 3.8) is 0 Å². The van der Waals surface area contributed by atoms with Gasteiger partial charge in [-0.1, -0.05) is 0 Å². The Hall–Kier alpha value is -2.48. The number of amides is 1. The molecule has 2 aromatic carbocycles. The highest BCUT2D eigenvalue weighted by molar-refractivity contribution is 7.92. The number of carbonyl (C=O) groups is 1. The Balaban J connectivity index is 2.25. The lowest BCUT2D eigenvalue weighted by molar-refractivity contribution is 0.0963. The van der Waals surface area contributed by atoms with Crippen LogP contribution in [-0.4, -0.2) is 21.4 Å². The lowest BCUT2D eigenvalue weighted by Gasteiger charge is -2.09. The summed E-state index contributed by atoms with van der Waals surface area (Å²) in [7, 11) is -2.57. The number of nitrogens with one attached hydrogen (secondary N) is 2. The summed E-state index contributed by atoms with van der Waals surface area (Å²) in [4.78, 5) is 11.0. The molecule has 0 aliphatic carbocycles. The predicted octanol–water partition coefficient (Wildman–Crippen LogP) is 2.13. The van der Waals surface area contributed by atoms with Crippen LogP contribution in [-0.2, 0) is 10.0 Å². The molecule has 2 rings (SSSR count). The first-order chi connectivity index (χ1) is 10.3. The van der Waals surface area contributed by atoms with Gasteiger partial charge in [0.2, 0.25) is 0 Å². The maximum Gasteiger partial charge on any atom is 0.261 e. The van der Waals surface area contributed by atoms with Crippen molar-refractivity contribution in [3.05, 3.63) is 59.7 Å². The molecule has 0 spiro atoms. The molecule has 0 bridgehead atoms. The Morgan fingerprint density at radius 1 is 1.00 bits per heavy atom. The van der Waals surface area contributed by atoms with E-state index in [2.05, 4.69) is 10.0 Å². The molecule has 0 saturated carbocycles. The first-order valence-electron chi connectivity index (χ1n) is 6.13. The van der Waals surface area contributed by atoms with Crippen molar-refractivity contribution in [3.8, 4) is 0 Å². The van der Waals surface area contributed by atoms with Crippen LogP contribution in [0.2, 0.25) is 0 Å². The first-order valence-corrected chi connectivity index (χ1v) is 7.62. The molecule has 0 saturated heterocycles. The van der Waals surface area contributed by atoms with Crippen molar-refractivity contribution >= 4 is 21.6 Å². The normalized spacial score (nSPS) is 11.0. The number of hydrogen-bond acceptors (Lipinski definition) is 3. The van der Waals surface area contributed by atoms with E-state index in [-0.39, 0.29) is 11.6 Å². The molecule has 22 heavy (non-hydrogen) atoms. The largest absolute Gasteiger partial charge is 0.355 e. The predicted molar refractivity (Wildman–Crippen MR) is 77.0 cm³/mol. The Kier molecular flexibility index (Phi) is 4.41. The fraction of sp³-hybridized carbons (Fsp3) is 0.0714. The standard InChI is InChI=1S/C14H12F2N2O3S/c1-17-14(19)9-2-4-10(5-3-9)18-22(20,21)11-6-7-12(15)13(16)8-11/h2-8,18H,1H3,(H,17,19). The topological polar surface area (TPSA) is 75.3 Å². The Morgan fingerprint density at radius 3 is 2.18 bits per heavy atom. The summed E-state index contributed by atoms with van der Waals surface area (Å²) in [6, 6.07) is 7.93. The van der Waals surface area contributed by atoms with E-state index in [1.807, 2.05) is 0 Å². The van der Waals surface area contributed by atoms with Crippen molar-refractivity contribution in [1.82, 2.24) is 5.32 Å². The molecular formula is C14H12F2N2O3S. The summed E-state index contributed by atoms with van der Waals surface area (Å²) < 4.78 is 52.3. The quantitative estimate of drug-likeness (QED) is 0.904. The number of hydrogen-bond donors (Lipinski definition) is 2. The van der Waals surface area contributed by atoms with Gasteiger partial charge in [0.15, 0.2) is 11.6 Å². The second kappa shape index (κ2) is 6.10. The maximum atomic E-state index is 13.1. The van der Waals surface area contributed by atoms with Crippen LogP contribution in [0, 0.1) is 11.6 Å². The Morgan fingerprint density at radius 2 is 1.64 bits per heavy atom. The van der Waals surface area contributed by atoms with Gasteiger partial charge in [0.25, 0.3) is 15.9 Å². The molecule has 116 valence electrons. The van der Waals surface area contributed by atoms with Gasteiger partial charge in [-0.25, -0.2) is 17.2 Å². The molecule has 0 heterocycles. The minimum Gasteiger partial charge on any atom is -0.355 e. The molecule has 5 nitrogen and oxygen atoms in total. The van der Waals surface area contributed by atoms with E-state index in [0.717, 1.165) is 12.1 Å². The molecular weight excluding hydrogens is 314 g/mol. The van der Waals surface area contributed by atoms with E-state index in [0.29, 0.717) is 11.6 Å². The number of anilines is 1. The van der Waals surface area contributed by atoms with Crippen molar-refractivity contribution in [2.75, 3.05) is 11.8 Å². The van der Waals surface area contributed by atoms with Gasteiger partial charge in [-0.15, -0.1) is 0 Å². The summed E-state index contributed by atoms with van der Waals surface area (Å²) in [5.74, 6) is -2.69. The lowest BCUT2D eigenvalue weighted by Crippen LogP contribution is -2.18. The van der Waals surface area contributed by atoms with E-state index in [4.69, 9.17) is 0 Å². The fourth-order valence-corrected chi connectivity index (χ4v) is 2.76. The summed E-state index contributed by atoms with van der Waals surface area (Å²) in [6.45, 7) is 0. The number of benzene rings is 2. The van der Waals surface area contributed by atoms with E-state index in [1.54, 1.807) is 0 Å². The number of carbonyl (C=O) groups excluding carboxylic acids is 1.